The van der Waals surface area contributed by atoms with E-state index in [2.05, 4.69) is 6.58 Å². The molecule has 0 aliphatic rings. The summed E-state index contributed by atoms with van der Waals surface area (Å²) in [4.78, 5) is 11.3. The highest BCUT2D eigenvalue weighted by atomic mass is 32.2. The van der Waals surface area contributed by atoms with Gasteiger partial charge in [0.15, 0.2) is 5.78 Å². The number of ketones is 1. The lowest BCUT2D eigenvalue weighted by Crippen LogP contribution is -2.70. The second kappa shape index (κ2) is 8.64. The highest BCUT2D eigenvalue weighted by molar-refractivity contribution is 7.89. The van der Waals surface area contributed by atoms with Crippen molar-refractivity contribution in [2.45, 2.75) is 55.2 Å². The zero-order chi connectivity index (χ0) is 26.4. The number of likely N-dealkylation sites (N-methyl/N-ethyl adjacent to an activating group) is 1. The Bertz CT molecular complexity index is 820. The van der Waals surface area contributed by atoms with Crippen LogP contribution in [0.15, 0.2) is 12.7 Å². The monoisotopic (exact) mass is 523 g/mol. The molecule has 0 fully saturated rings. The first-order chi connectivity index (χ1) is 13.8. The Balaban J connectivity index is 6.06. The molecule has 0 saturated heterocycles. The van der Waals surface area contributed by atoms with Gasteiger partial charge in [-0.2, -0.15) is 61.4 Å². The van der Waals surface area contributed by atoms with E-state index in [9.17, 15) is 70.3 Å². The second-order valence-electron chi connectivity index (χ2n) is 6.36. The van der Waals surface area contributed by atoms with Gasteiger partial charge in [0.2, 0.25) is 10.0 Å². The maximum atomic E-state index is 13.7. The summed E-state index contributed by atoms with van der Waals surface area (Å²) in [5.74, 6) is -41.3. The first-order valence-electron chi connectivity index (χ1n) is 7.84. The minimum atomic E-state index is -8.06. The van der Waals surface area contributed by atoms with E-state index in [4.69, 9.17) is 0 Å². The van der Waals surface area contributed by atoms with Crippen LogP contribution in [-0.2, 0) is 14.8 Å². The summed E-state index contributed by atoms with van der Waals surface area (Å²) in [5, 5.41) is 0. The van der Waals surface area contributed by atoms with Crippen molar-refractivity contribution in [2.75, 3.05) is 12.8 Å². The van der Waals surface area contributed by atoms with Gasteiger partial charge in [0, 0.05) is 13.5 Å². The predicted molar refractivity (Wildman–Crippen MR) is 81.6 cm³/mol. The molecule has 1 atom stereocenters. The Morgan fingerprint density at radius 2 is 1.22 bits per heavy atom. The Morgan fingerprint density at radius 3 is 1.56 bits per heavy atom. The van der Waals surface area contributed by atoms with E-state index in [0.717, 1.165) is 6.92 Å². The summed E-state index contributed by atoms with van der Waals surface area (Å²) in [6.45, 7) is 3.83. The lowest BCUT2D eigenvalue weighted by atomic mass is 9.93. The van der Waals surface area contributed by atoms with Crippen LogP contribution in [0.2, 0.25) is 0 Å². The summed E-state index contributed by atoms with van der Waals surface area (Å²) in [5.41, 5.74) is 0. The van der Waals surface area contributed by atoms with E-state index in [0.29, 0.717) is 13.1 Å². The van der Waals surface area contributed by atoms with E-state index in [-0.39, 0.29) is 4.31 Å². The Kier molecular flexibility index (Phi) is 8.21. The lowest BCUT2D eigenvalue weighted by molar-refractivity contribution is -0.439. The zero-order valence-electron chi connectivity index (χ0n) is 15.8. The van der Waals surface area contributed by atoms with Crippen LogP contribution in [0.5, 0.6) is 0 Å². The third-order valence-corrected chi connectivity index (χ3v) is 6.18. The number of rotatable bonds is 11. The van der Waals surface area contributed by atoms with Crippen molar-refractivity contribution in [1.82, 2.24) is 4.31 Å². The Labute approximate surface area is 172 Å². The molecule has 0 spiro atoms. The van der Waals surface area contributed by atoms with E-state index < -0.39 is 69.8 Å². The zero-order valence-corrected chi connectivity index (χ0v) is 16.6. The summed E-state index contributed by atoms with van der Waals surface area (Å²) >= 11 is 0. The maximum Gasteiger partial charge on any atom is 0.460 e. The number of halogens is 13. The smallest absolute Gasteiger partial charge is 0.293 e. The lowest BCUT2D eigenvalue weighted by Gasteiger charge is -2.39. The summed E-state index contributed by atoms with van der Waals surface area (Å²) in [6, 6.07) is -1.66. The number of hydrogen-bond acceptors (Lipinski definition) is 3. The fourth-order valence-electron chi connectivity index (χ4n) is 1.95. The fraction of sp³-hybridized carbons (Fsp3) is 0.786. The van der Waals surface area contributed by atoms with E-state index >= 15 is 0 Å². The highest BCUT2D eigenvalue weighted by Gasteiger charge is 2.90. The van der Waals surface area contributed by atoms with Crippen molar-refractivity contribution in [2.24, 2.45) is 0 Å². The SMILES string of the molecule is C=CC(=O)C(C)N(C)S(=O)(=O)CCC(F)(F)C(F)(F)C(F)(F)C(F)(F)C(F)(F)C(F)(F)F. The first kappa shape index (κ1) is 30.4. The van der Waals surface area contributed by atoms with Gasteiger partial charge in [-0.3, -0.25) is 4.79 Å². The number of hydrogen-bond donors (Lipinski definition) is 0. The fourth-order valence-corrected chi connectivity index (χ4v) is 3.34. The molecule has 18 heteroatoms. The van der Waals surface area contributed by atoms with Crippen molar-refractivity contribution >= 4 is 15.8 Å². The second-order valence-corrected chi connectivity index (χ2v) is 8.51. The molecule has 0 bridgehead atoms. The van der Waals surface area contributed by atoms with E-state index in [1.54, 1.807) is 0 Å². The molecule has 0 aromatic rings. The third-order valence-electron chi connectivity index (χ3n) is 4.27. The summed E-state index contributed by atoms with van der Waals surface area (Å²) in [6.07, 6.45) is -9.88. The van der Waals surface area contributed by atoms with Gasteiger partial charge >= 0.3 is 35.8 Å². The molecule has 0 N–H and O–H groups in total. The molecule has 0 radical (unpaired) electrons. The normalized spacial score (nSPS) is 16.2. The van der Waals surface area contributed by atoms with Gasteiger partial charge in [0.25, 0.3) is 0 Å². The van der Waals surface area contributed by atoms with Crippen LogP contribution in [0.3, 0.4) is 0 Å². The molecular weight excluding hydrogens is 509 g/mol. The molecular formula is C14H14F13NO3S. The van der Waals surface area contributed by atoms with Crippen molar-refractivity contribution < 1.29 is 70.3 Å². The van der Waals surface area contributed by atoms with Gasteiger partial charge < -0.3 is 0 Å². The number of sulfonamides is 1. The Morgan fingerprint density at radius 1 is 0.844 bits per heavy atom. The van der Waals surface area contributed by atoms with Crippen LogP contribution < -0.4 is 0 Å². The molecule has 0 aliphatic carbocycles. The molecule has 190 valence electrons. The van der Waals surface area contributed by atoms with Gasteiger partial charge in [-0.15, -0.1) is 0 Å². The molecule has 32 heavy (non-hydrogen) atoms. The van der Waals surface area contributed by atoms with Crippen molar-refractivity contribution in [1.29, 1.82) is 0 Å². The quantitative estimate of drug-likeness (QED) is 0.296. The van der Waals surface area contributed by atoms with Crippen molar-refractivity contribution in [3.8, 4) is 0 Å². The van der Waals surface area contributed by atoms with Crippen LogP contribution in [0, 0.1) is 0 Å². The molecule has 0 rings (SSSR count). The van der Waals surface area contributed by atoms with Gasteiger partial charge in [-0.1, -0.05) is 6.58 Å². The van der Waals surface area contributed by atoms with Gasteiger partial charge in [0.05, 0.1) is 11.8 Å². The molecule has 0 saturated carbocycles. The average molecular weight is 523 g/mol. The average Bonchev–Trinajstić information content (AvgIpc) is 2.62. The molecule has 0 aromatic heterocycles. The molecule has 0 amide bonds. The van der Waals surface area contributed by atoms with Gasteiger partial charge in [-0.25, -0.2) is 8.42 Å². The van der Waals surface area contributed by atoms with Crippen molar-refractivity contribution in [3.05, 3.63) is 12.7 Å². The number of carbonyl (C=O) groups is 1. The van der Waals surface area contributed by atoms with E-state index in [1.165, 1.54) is 0 Å². The third kappa shape index (κ3) is 4.84. The molecule has 0 heterocycles. The van der Waals surface area contributed by atoms with Crippen molar-refractivity contribution in [3.63, 3.8) is 0 Å². The maximum absolute atomic E-state index is 13.7. The highest BCUT2D eigenvalue weighted by Crippen LogP contribution is 2.60. The molecule has 0 aromatic carbocycles. The summed E-state index contributed by atoms with van der Waals surface area (Å²) < 4.78 is 193. The van der Waals surface area contributed by atoms with Gasteiger partial charge in [-0.05, 0) is 13.0 Å². The summed E-state index contributed by atoms with van der Waals surface area (Å²) in [7, 11) is -4.59. The first-order valence-corrected chi connectivity index (χ1v) is 9.45. The van der Waals surface area contributed by atoms with E-state index in [1.807, 2.05) is 0 Å². The largest absolute Gasteiger partial charge is 0.460 e. The molecule has 4 nitrogen and oxygen atoms in total. The number of alkyl halides is 13. The Hall–Kier alpha value is -1.59. The number of carbonyl (C=O) groups excluding carboxylic acids is 1. The topological polar surface area (TPSA) is 54.5 Å². The van der Waals surface area contributed by atoms with Crippen LogP contribution in [0.1, 0.15) is 13.3 Å². The van der Waals surface area contributed by atoms with Crippen LogP contribution >= 0.6 is 0 Å². The predicted octanol–water partition coefficient (Wildman–Crippen LogP) is 4.52. The standard InChI is InChI=1S/C14H14F13NO3S/c1-4-8(29)7(2)28(3)32(30,31)6-5-9(15,16)10(17,18)11(19,20)12(21,22)13(23,24)14(25,26)27/h4,7H,1,5-6H2,2-3H3. The van der Waals surface area contributed by atoms with Crippen LogP contribution in [0.25, 0.3) is 0 Å². The molecule has 1 unspecified atom stereocenters. The van der Waals surface area contributed by atoms with Gasteiger partial charge in [0.1, 0.15) is 0 Å². The van der Waals surface area contributed by atoms with Crippen LogP contribution in [0.4, 0.5) is 57.1 Å². The number of nitrogens with zero attached hydrogens (tertiary/aromatic N) is 1. The minimum Gasteiger partial charge on any atom is -0.293 e. The minimum absolute atomic E-state index is 0.00971. The van der Waals surface area contributed by atoms with Crippen LogP contribution in [-0.4, -0.2) is 73.1 Å². The molecule has 0 aliphatic heterocycles.